The molecule has 3 aliphatic rings. The Morgan fingerprint density at radius 2 is 2.00 bits per heavy atom. The van der Waals surface area contributed by atoms with Crippen molar-refractivity contribution in [3.63, 3.8) is 0 Å². The Bertz CT molecular complexity index is 690. The number of amides is 1. The van der Waals surface area contributed by atoms with Crippen LogP contribution in [0.5, 0.6) is 0 Å². The number of aromatic nitrogens is 3. The standard InChI is InChI=1S/C21H35N5O3/c1-24(2)12-18-13-26(23-22-18)19-8-16-10-25(21(27)6-7-28-3)11-17(16)9-20(19)29-14-15-4-5-15/h13,15-17,19-20H,4-12,14H2,1-3H3/t16-,17+,19-,20-/m1/s1. The van der Waals surface area contributed by atoms with Crippen LogP contribution in [0.4, 0.5) is 0 Å². The third-order valence-corrected chi connectivity index (χ3v) is 6.58. The molecular formula is C21H35N5O3. The molecule has 0 aromatic carbocycles. The molecule has 4 rings (SSSR count). The van der Waals surface area contributed by atoms with Gasteiger partial charge in [0.15, 0.2) is 0 Å². The van der Waals surface area contributed by atoms with Crippen molar-refractivity contribution in [1.82, 2.24) is 24.8 Å². The van der Waals surface area contributed by atoms with Crippen molar-refractivity contribution < 1.29 is 14.3 Å². The van der Waals surface area contributed by atoms with E-state index in [0.29, 0.717) is 24.9 Å². The van der Waals surface area contributed by atoms with Gasteiger partial charge in [0.25, 0.3) is 0 Å². The number of hydrogen-bond acceptors (Lipinski definition) is 6. The van der Waals surface area contributed by atoms with Crippen LogP contribution in [0.15, 0.2) is 6.20 Å². The van der Waals surface area contributed by atoms with E-state index in [1.54, 1.807) is 7.11 Å². The van der Waals surface area contributed by atoms with Gasteiger partial charge in [-0.05, 0) is 57.5 Å². The number of hydrogen-bond donors (Lipinski definition) is 0. The third kappa shape index (κ3) is 5.16. The molecule has 1 aromatic heterocycles. The number of ether oxygens (including phenoxy) is 2. The van der Waals surface area contributed by atoms with Gasteiger partial charge in [0.2, 0.25) is 5.91 Å². The zero-order chi connectivity index (χ0) is 20.4. The Morgan fingerprint density at radius 1 is 1.24 bits per heavy atom. The first-order valence-electron chi connectivity index (χ1n) is 11.0. The average molecular weight is 406 g/mol. The highest BCUT2D eigenvalue weighted by atomic mass is 16.5. The number of carbonyl (C=O) groups is 1. The highest BCUT2D eigenvalue weighted by molar-refractivity contribution is 5.76. The highest BCUT2D eigenvalue weighted by Gasteiger charge is 2.45. The molecule has 1 saturated heterocycles. The van der Waals surface area contributed by atoms with Crippen molar-refractivity contribution in [3.05, 3.63) is 11.9 Å². The lowest BCUT2D eigenvalue weighted by Gasteiger charge is -2.37. The fourth-order valence-electron chi connectivity index (χ4n) is 4.81. The minimum absolute atomic E-state index is 0.153. The zero-order valence-electron chi connectivity index (χ0n) is 18.0. The second-order valence-corrected chi connectivity index (χ2v) is 9.34. The van der Waals surface area contributed by atoms with E-state index in [9.17, 15) is 4.79 Å². The number of fused-ring (bicyclic) bond motifs is 1. The molecular weight excluding hydrogens is 370 g/mol. The van der Waals surface area contributed by atoms with Crippen molar-refractivity contribution in [2.45, 2.75) is 50.8 Å². The Balaban J connectivity index is 1.44. The van der Waals surface area contributed by atoms with Gasteiger partial charge in [-0.1, -0.05) is 5.21 Å². The maximum absolute atomic E-state index is 12.5. The number of carbonyl (C=O) groups excluding carboxylic acids is 1. The van der Waals surface area contributed by atoms with E-state index >= 15 is 0 Å². The fourth-order valence-corrected chi connectivity index (χ4v) is 4.81. The Morgan fingerprint density at radius 3 is 2.69 bits per heavy atom. The molecule has 8 nitrogen and oxygen atoms in total. The van der Waals surface area contributed by atoms with Gasteiger partial charge in [0.05, 0.1) is 37.1 Å². The highest BCUT2D eigenvalue weighted by Crippen LogP contribution is 2.43. The summed E-state index contributed by atoms with van der Waals surface area (Å²) in [4.78, 5) is 16.6. The number of likely N-dealkylation sites (tertiary alicyclic amines) is 1. The summed E-state index contributed by atoms with van der Waals surface area (Å²) in [5.74, 6) is 1.98. The number of nitrogens with zero attached hydrogens (tertiary/aromatic N) is 5. The molecule has 0 radical (unpaired) electrons. The molecule has 0 N–H and O–H groups in total. The van der Waals surface area contributed by atoms with Gasteiger partial charge in [-0.3, -0.25) is 4.79 Å². The quantitative estimate of drug-likeness (QED) is 0.621. The molecule has 2 saturated carbocycles. The molecule has 2 heterocycles. The molecule has 2 aliphatic carbocycles. The van der Waals surface area contributed by atoms with Gasteiger partial charge in [0.1, 0.15) is 0 Å². The van der Waals surface area contributed by atoms with Crippen LogP contribution in [-0.4, -0.2) is 84.3 Å². The van der Waals surface area contributed by atoms with E-state index in [1.807, 2.05) is 23.7 Å². The SMILES string of the molecule is COCCC(=O)N1C[C@H]2C[C@@H](n3cc(CN(C)C)nn3)[C@H](OCC3CC3)C[C@H]2C1. The summed E-state index contributed by atoms with van der Waals surface area (Å²) in [6, 6.07) is 0.201. The van der Waals surface area contributed by atoms with Crippen LogP contribution in [0.25, 0.3) is 0 Å². The summed E-state index contributed by atoms with van der Waals surface area (Å²) >= 11 is 0. The zero-order valence-corrected chi connectivity index (χ0v) is 18.0. The van der Waals surface area contributed by atoms with E-state index in [2.05, 4.69) is 21.4 Å². The Kier molecular flexibility index (Phi) is 6.51. The van der Waals surface area contributed by atoms with E-state index in [0.717, 1.165) is 50.7 Å². The van der Waals surface area contributed by atoms with Crippen LogP contribution < -0.4 is 0 Å². The van der Waals surface area contributed by atoms with Crippen LogP contribution in [0.2, 0.25) is 0 Å². The first kappa shape index (κ1) is 20.8. The topological polar surface area (TPSA) is 72.7 Å². The van der Waals surface area contributed by atoms with E-state index in [4.69, 9.17) is 9.47 Å². The molecule has 0 unspecified atom stereocenters. The third-order valence-electron chi connectivity index (χ3n) is 6.58. The Labute approximate surface area is 173 Å². The molecule has 29 heavy (non-hydrogen) atoms. The van der Waals surface area contributed by atoms with E-state index < -0.39 is 0 Å². The van der Waals surface area contributed by atoms with Crippen LogP contribution in [0.1, 0.15) is 43.8 Å². The molecule has 0 spiro atoms. The van der Waals surface area contributed by atoms with Crippen molar-refractivity contribution >= 4 is 5.91 Å². The minimum atomic E-state index is 0.153. The molecule has 1 aromatic rings. The van der Waals surface area contributed by atoms with Crippen LogP contribution in [-0.2, 0) is 20.8 Å². The first-order chi connectivity index (χ1) is 14.0. The molecule has 1 aliphatic heterocycles. The maximum Gasteiger partial charge on any atom is 0.224 e. The maximum atomic E-state index is 12.5. The lowest BCUT2D eigenvalue weighted by atomic mass is 9.77. The van der Waals surface area contributed by atoms with Crippen LogP contribution in [0.3, 0.4) is 0 Å². The first-order valence-corrected chi connectivity index (χ1v) is 11.0. The number of methoxy groups -OCH3 is 1. The Hall–Kier alpha value is -1.51. The minimum Gasteiger partial charge on any atom is -0.384 e. The summed E-state index contributed by atoms with van der Waals surface area (Å²) in [6.07, 6.45) is 7.29. The van der Waals surface area contributed by atoms with E-state index in [-0.39, 0.29) is 18.1 Å². The van der Waals surface area contributed by atoms with Crippen molar-refractivity contribution in [3.8, 4) is 0 Å². The van der Waals surface area contributed by atoms with Crippen molar-refractivity contribution in [2.75, 3.05) is 47.5 Å². The largest absolute Gasteiger partial charge is 0.384 e. The predicted molar refractivity (Wildman–Crippen MR) is 108 cm³/mol. The molecule has 162 valence electrons. The van der Waals surface area contributed by atoms with Crippen molar-refractivity contribution in [2.24, 2.45) is 17.8 Å². The average Bonchev–Trinajstić information content (AvgIpc) is 3.25. The lowest BCUT2D eigenvalue weighted by molar-refractivity contribution is -0.131. The molecule has 3 fully saturated rings. The smallest absolute Gasteiger partial charge is 0.224 e. The van der Waals surface area contributed by atoms with Crippen molar-refractivity contribution in [1.29, 1.82) is 0 Å². The van der Waals surface area contributed by atoms with E-state index in [1.165, 1.54) is 12.8 Å². The molecule has 4 atom stereocenters. The monoisotopic (exact) mass is 405 g/mol. The summed E-state index contributed by atoms with van der Waals surface area (Å²) in [5, 5.41) is 8.83. The second kappa shape index (κ2) is 9.10. The van der Waals surface area contributed by atoms with Crippen LogP contribution in [0, 0.1) is 17.8 Å². The molecule has 1 amide bonds. The summed E-state index contributed by atoms with van der Waals surface area (Å²) in [6.45, 7) is 3.83. The predicted octanol–water partition coefficient (Wildman–Crippen LogP) is 1.58. The van der Waals surface area contributed by atoms with Gasteiger partial charge in [-0.15, -0.1) is 5.10 Å². The molecule has 0 bridgehead atoms. The summed E-state index contributed by atoms with van der Waals surface area (Å²) in [7, 11) is 5.73. The summed E-state index contributed by atoms with van der Waals surface area (Å²) < 4.78 is 13.5. The second-order valence-electron chi connectivity index (χ2n) is 9.34. The van der Waals surface area contributed by atoms with Crippen LogP contribution >= 0.6 is 0 Å². The van der Waals surface area contributed by atoms with Gasteiger partial charge in [-0.2, -0.15) is 0 Å². The van der Waals surface area contributed by atoms with Gasteiger partial charge in [-0.25, -0.2) is 4.68 Å². The normalized spacial score (nSPS) is 29.4. The van der Waals surface area contributed by atoms with Gasteiger partial charge < -0.3 is 19.3 Å². The number of rotatable bonds is 9. The lowest BCUT2D eigenvalue weighted by Crippen LogP contribution is -2.38. The molecule has 8 heteroatoms. The summed E-state index contributed by atoms with van der Waals surface area (Å²) in [5.41, 5.74) is 0.987. The van der Waals surface area contributed by atoms with Gasteiger partial charge in [0, 0.05) is 33.4 Å². The fraction of sp³-hybridized carbons (Fsp3) is 0.857. The van der Waals surface area contributed by atoms with Gasteiger partial charge >= 0.3 is 0 Å².